The van der Waals surface area contributed by atoms with E-state index < -0.39 is 0 Å². The van der Waals surface area contributed by atoms with Crippen LogP contribution in [0.25, 0.3) is 0 Å². The first kappa shape index (κ1) is 23.2. The SMILES string of the molecule is O=C(Nc1ccncc1)C1CCC(N(Cc2ccc(OCc3ccccc3)cc2)NCl)CC1. The van der Waals surface area contributed by atoms with E-state index in [2.05, 4.69) is 44.5 Å². The molecule has 4 rings (SSSR count). The standard InChI is InChI=1S/C26H29ClN4O2/c27-30-31(18-20-6-12-25(13-7-20)33-19-21-4-2-1-3-5-21)24-10-8-22(9-11-24)26(32)29-23-14-16-28-17-15-23/h1-7,12-17,22,24,30H,8-11,18-19H2,(H,28,29,32). The molecule has 1 aromatic heterocycles. The molecule has 0 radical (unpaired) electrons. The van der Waals surface area contributed by atoms with E-state index in [1.54, 1.807) is 24.5 Å². The van der Waals surface area contributed by atoms with Crippen molar-refractivity contribution in [2.75, 3.05) is 5.32 Å². The number of nitrogens with one attached hydrogen (secondary N) is 2. The van der Waals surface area contributed by atoms with Crippen LogP contribution in [0.4, 0.5) is 5.69 Å². The second-order valence-electron chi connectivity index (χ2n) is 8.36. The van der Waals surface area contributed by atoms with Gasteiger partial charge in [0.25, 0.3) is 0 Å². The van der Waals surface area contributed by atoms with Gasteiger partial charge < -0.3 is 10.1 Å². The number of anilines is 1. The molecule has 172 valence electrons. The second-order valence-corrected chi connectivity index (χ2v) is 8.53. The van der Waals surface area contributed by atoms with E-state index in [1.165, 1.54) is 0 Å². The van der Waals surface area contributed by atoms with Crippen molar-refractivity contribution in [3.05, 3.63) is 90.3 Å². The van der Waals surface area contributed by atoms with Crippen molar-refractivity contribution in [1.29, 1.82) is 0 Å². The maximum Gasteiger partial charge on any atom is 0.227 e. The summed E-state index contributed by atoms with van der Waals surface area (Å²) in [5.41, 5.74) is 3.08. The molecule has 1 aliphatic carbocycles. The highest BCUT2D eigenvalue weighted by Crippen LogP contribution is 2.29. The smallest absolute Gasteiger partial charge is 0.227 e. The van der Waals surface area contributed by atoms with Crippen LogP contribution >= 0.6 is 11.8 Å². The van der Waals surface area contributed by atoms with Crippen LogP contribution < -0.4 is 15.0 Å². The highest BCUT2D eigenvalue weighted by atomic mass is 35.5. The van der Waals surface area contributed by atoms with Crippen LogP contribution in [0.2, 0.25) is 0 Å². The predicted molar refractivity (Wildman–Crippen MR) is 130 cm³/mol. The fourth-order valence-corrected chi connectivity index (χ4v) is 4.38. The lowest BCUT2D eigenvalue weighted by Crippen LogP contribution is -2.43. The predicted octanol–water partition coefficient (Wildman–Crippen LogP) is 5.32. The number of benzene rings is 2. The summed E-state index contributed by atoms with van der Waals surface area (Å²) in [6, 6.07) is 22.1. The Hall–Kier alpha value is -2.93. The van der Waals surface area contributed by atoms with E-state index in [1.807, 2.05) is 30.3 Å². The second kappa shape index (κ2) is 11.8. The Balaban J connectivity index is 1.25. The molecule has 0 aliphatic heterocycles. The van der Waals surface area contributed by atoms with Crippen molar-refractivity contribution < 1.29 is 9.53 Å². The third kappa shape index (κ3) is 6.78. The van der Waals surface area contributed by atoms with Gasteiger partial charge in [0.05, 0.1) is 0 Å². The Bertz CT molecular complexity index is 994. The number of carbonyl (C=O) groups is 1. The molecule has 33 heavy (non-hydrogen) atoms. The normalized spacial score (nSPS) is 18.1. The quantitative estimate of drug-likeness (QED) is 0.331. The van der Waals surface area contributed by atoms with Crippen molar-refractivity contribution in [2.24, 2.45) is 5.92 Å². The van der Waals surface area contributed by atoms with E-state index in [9.17, 15) is 4.79 Å². The summed E-state index contributed by atoms with van der Waals surface area (Å²) < 4.78 is 5.87. The maximum absolute atomic E-state index is 12.6. The van der Waals surface area contributed by atoms with Gasteiger partial charge in [0.15, 0.2) is 0 Å². The largest absolute Gasteiger partial charge is 0.489 e. The molecular formula is C26H29ClN4O2. The lowest BCUT2D eigenvalue weighted by Gasteiger charge is -2.35. The Kier molecular flexibility index (Phi) is 8.30. The van der Waals surface area contributed by atoms with Gasteiger partial charge in [-0.25, -0.2) is 5.01 Å². The molecule has 0 unspecified atom stereocenters. The molecule has 1 fully saturated rings. The summed E-state index contributed by atoms with van der Waals surface area (Å²) in [7, 11) is 0. The average Bonchev–Trinajstić information content (AvgIpc) is 2.88. The van der Waals surface area contributed by atoms with Crippen molar-refractivity contribution in [3.63, 3.8) is 0 Å². The van der Waals surface area contributed by atoms with Crippen molar-refractivity contribution in [3.8, 4) is 5.75 Å². The van der Waals surface area contributed by atoms with E-state index in [0.29, 0.717) is 13.2 Å². The lowest BCUT2D eigenvalue weighted by atomic mass is 9.85. The number of amides is 1. The Morgan fingerprint density at radius 3 is 2.30 bits per heavy atom. The molecule has 2 N–H and O–H groups in total. The molecule has 3 aromatic rings. The van der Waals surface area contributed by atoms with Crippen LogP contribution in [0, 0.1) is 5.92 Å². The number of hydrogen-bond donors (Lipinski definition) is 2. The minimum Gasteiger partial charge on any atom is -0.489 e. The number of hydrogen-bond acceptors (Lipinski definition) is 5. The number of ether oxygens (including phenoxy) is 1. The van der Waals surface area contributed by atoms with Gasteiger partial charge in [0.1, 0.15) is 12.4 Å². The summed E-state index contributed by atoms with van der Waals surface area (Å²) >= 11 is 6.07. The highest BCUT2D eigenvalue weighted by Gasteiger charge is 2.29. The van der Waals surface area contributed by atoms with Gasteiger partial charge in [-0.3, -0.25) is 9.78 Å². The van der Waals surface area contributed by atoms with Crippen molar-refractivity contribution >= 4 is 23.4 Å². The van der Waals surface area contributed by atoms with Gasteiger partial charge in [0, 0.05) is 36.6 Å². The Morgan fingerprint density at radius 2 is 1.64 bits per heavy atom. The lowest BCUT2D eigenvalue weighted by molar-refractivity contribution is -0.121. The summed E-state index contributed by atoms with van der Waals surface area (Å²) in [6.07, 6.45) is 6.85. The Morgan fingerprint density at radius 1 is 0.939 bits per heavy atom. The zero-order valence-electron chi connectivity index (χ0n) is 18.5. The van der Waals surface area contributed by atoms with E-state index in [-0.39, 0.29) is 17.9 Å². The molecule has 0 bridgehead atoms. The number of aromatic nitrogens is 1. The van der Waals surface area contributed by atoms with Crippen LogP contribution in [-0.4, -0.2) is 21.9 Å². The van der Waals surface area contributed by atoms with E-state index in [4.69, 9.17) is 16.5 Å². The zero-order chi connectivity index (χ0) is 22.9. The first-order chi connectivity index (χ1) is 16.2. The molecule has 1 heterocycles. The molecule has 0 spiro atoms. The van der Waals surface area contributed by atoms with Gasteiger partial charge in [-0.1, -0.05) is 42.5 Å². The number of carbonyl (C=O) groups excluding carboxylic acids is 1. The molecule has 0 saturated heterocycles. The molecule has 0 atom stereocenters. The molecule has 1 amide bonds. The monoisotopic (exact) mass is 464 g/mol. The summed E-state index contributed by atoms with van der Waals surface area (Å²) in [6.45, 7) is 1.23. The number of pyridine rings is 1. The van der Waals surface area contributed by atoms with E-state index >= 15 is 0 Å². The van der Waals surface area contributed by atoms with Crippen LogP contribution in [0.5, 0.6) is 5.75 Å². The maximum atomic E-state index is 12.6. The number of rotatable bonds is 9. The molecule has 7 heteroatoms. The molecule has 2 aromatic carbocycles. The third-order valence-electron chi connectivity index (χ3n) is 6.09. The molecule has 1 saturated carbocycles. The number of halogens is 1. The van der Waals surface area contributed by atoms with Crippen LogP contribution in [0.15, 0.2) is 79.1 Å². The summed E-state index contributed by atoms with van der Waals surface area (Å²) in [5, 5.41) is 5.04. The minimum atomic E-state index is 0.0210. The van der Waals surface area contributed by atoms with Gasteiger partial charge in [-0.05, 0) is 72.9 Å². The fourth-order valence-electron chi connectivity index (χ4n) is 4.19. The molecular weight excluding hydrogens is 436 g/mol. The van der Waals surface area contributed by atoms with Crippen LogP contribution in [0.1, 0.15) is 36.8 Å². The number of hydrazine groups is 1. The first-order valence-electron chi connectivity index (χ1n) is 11.3. The van der Waals surface area contributed by atoms with Gasteiger partial charge in [0.2, 0.25) is 5.91 Å². The first-order valence-corrected chi connectivity index (χ1v) is 11.7. The minimum absolute atomic E-state index is 0.0210. The average molecular weight is 465 g/mol. The van der Waals surface area contributed by atoms with Crippen molar-refractivity contribution in [1.82, 2.24) is 14.9 Å². The molecule has 1 aliphatic rings. The van der Waals surface area contributed by atoms with E-state index in [0.717, 1.165) is 48.2 Å². The van der Waals surface area contributed by atoms with Crippen molar-refractivity contribution in [2.45, 2.75) is 44.9 Å². The zero-order valence-corrected chi connectivity index (χ0v) is 19.2. The van der Waals surface area contributed by atoms with Crippen LogP contribution in [-0.2, 0) is 17.9 Å². The van der Waals surface area contributed by atoms with Crippen LogP contribution in [0.3, 0.4) is 0 Å². The number of nitrogens with zero attached hydrogens (tertiary/aromatic N) is 2. The van der Waals surface area contributed by atoms with Gasteiger partial charge in [-0.15, -0.1) is 0 Å². The topological polar surface area (TPSA) is 66.5 Å². The third-order valence-corrected chi connectivity index (χ3v) is 6.31. The van der Waals surface area contributed by atoms with Gasteiger partial charge in [-0.2, -0.15) is 4.94 Å². The Labute approximate surface area is 200 Å². The summed E-state index contributed by atoms with van der Waals surface area (Å²) in [4.78, 5) is 19.4. The van der Waals surface area contributed by atoms with Gasteiger partial charge >= 0.3 is 0 Å². The molecule has 6 nitrogen and oxygen atoms in total. The fraction of sp³-hybridized carbons (Fsp3) is 0.308. The summed E-state index contributed by atoms with van der Waals surface area (Å²) in [5.74, 6) is 0.942. The highest BCUT2D eigenvalue weighted by molar-refractivity contribution is 6.13.